The molecule has 0 aromatic carbocycles. The molecular weight excluding hydrogens is 266 g/mol. The number of primary amides is 1. The molecule has 2 heterocycles. The minimum absolute atomic E-state index is 0.416. The van der Waals surface area contributed by atoms with Gasteiger partial charge in [-0.05, 0) is 56.7 Å². The normalized spacial score (nSPS) is 21.0. The van der Waals surface area contributed by atoms with Crippen molar-refractivity contribution in [1.82, 2.24) is 10.3 Å². The summed E-state index contributed by atoms with van der Waals surface area (Å²) >= 11 is 0. The molecule has 1 fully saturated rings. The first-order valence-corrected chi connectivity index (χ1v) is 7.93. The summed E-state index contributed by atoms with van der Waals surface area (Å²) in [7, 11) is 0. The Labute approximate surface area is 125 Å². The van der Waals surface area contributed by atoms with Gasteiger partial charge in [-0.1, -0.05) is 6.42 Å². The Morgan fingerprint density at radius 2 is 2.29 bits per heavy atom. The summed E-state index contributed by atoms with van der Waals surface area (Å²) in [5.74, 6) is -0.0399. The van der Waals surface area contributed by atoms with Gasteiger partial charge in [0, 0.05) is 11.7 Å². The smallest absolute Gasteiger partial charge is 0.254 e. The maximum atomic E-state index is 11.6. The van der Waals surface area contributed by atoms with Crippen LogP contribution in [0, 0.1) is 0 Å². The van der Waals surface area contributed by atoms with Crippen LogP contribution in [0.25, 0.3) is 0 Å². The van der Waals surface area contributed by atoms with E-state index in [9.17, 15) is 4.79 Å². The van der Waals surface area contributed by atoms with Crippen LogP contribution in [0.2, 0.25) is 0 Å². The van der Waals surface area contributed by atoms with Crippen LogP contribution in [0.4, 0.5) is 0 Å². The minimum atomic E-state index is -0.456. The number of pyridine rings is 1. The third-order valence-corrected chi connectivity index (χ3v) is 4.40. The second-order valence-corrected chi connectivity index (χ2v) is 5.95. The Balaban J connectivity index is 1.65. The summed E-state index contributed by atoms with van der Waals surface area (Å²) in [4.78, 5) is 16.1. The molecule has 0 bridgehead atoms. The van der Waals surface area contributed by atoms with Gasteiger partial charge in [-0.3, -0.25) is 4.79 Å². The lowest BCUT2D eigenvalue weighted by Crippen LogP contribution is -2.35. The number of carbonyl (C=O) groups excluding carboxylic acids is 1. The molecule has 1 saturated heterocycles. The monoisotopic (exact) mass is 289 g/mol. The molecule has 1 aromatic rings. The second kappa shape index (κ2) is 6.43. The van der Waals surface area contributed by atoms with Crippen molar-refractivity contribution < 1.29 is 9.53 Å². The van der Waals surface area contributed by atoms with E-state index in [1.54, 1.807) is 0 Å². The van der Waals surface area contributed by atoms with Crippen LogP contribution in [-0.2, 0) is 12.8 Å². The van der Waals surface area contributed by atoms with Gasteiger partial charge in [0.15, 0.2) is 0 Å². The Morgan fingerprint density at radius 3 is 3.05 bits per heavy atom. The minimum Gasteiger partial charge on any atom is -0.477 e. The molecule has 1 unspecified atom stereocenters. The molecule has 2 aliphatic rings. The van der Waals surface area contributed by atoms with Crippen LogP contribution in [0.15, 0.2) is 6.07 Å². The van der Waals surface area contributed by atoms with Gasteiger partial charge >= 0.3 is 0 Å². The van der Waals surface area contributed by atoms with Gasteiger partial charge < -0.3 is 15.8 Å². The number of hydrogen-bond donors (Lipinski definition) is 2. The van der Waals surface area contributed by atoms with Gasteiger partial charge in [-0.15, -0.1) is 0 Å². The van der Waals surface area contributed by atoms with E-state index in [-0.39, 0.29) is 0 Å². The number of rotatable bonds is 5. The van der Waals surface area contributed by atoms with Crippen molar-refractivity contribution in [2.45, 2.75) is 51.0 Å². The summed E-state index contributed by atoms with van der Waals surface area (Å²) in [6.07, 6.45) is 7.72. The van der Waals surface area contributed by atoms with Gasteiger partial charge in [0.25, 0.3) is 5.91 Å². The van der Waals surface area contributed by atoms with Gasteiger partial charge in [0.05, 0.1) is 6.61 Å². The maximum Gasteiger partial charge on any atom is 0.254 e. The summed E-state index contributed by atoms with van der Waals surface area (Å²) in [5, 5.41) is 3.49. The molecule has 0 spiro atoms. The van der Waals surface area contributed by atoms with Gasteiger partial charge in [-0.25, -0.2) is 4.98 Å². The van der Waals surface area contributed by atoms with Gasteiger partial charge in [0.2, 0.25) is 5.88 Å². The van der Waals surface area contributed by atoms with Crippen molar-refractivity contribution in [3.63, 3.8) is 0 Å². The van der Waals surface area contributed by atoms with E-state index in [0.717, 1.165) is 43.5 Å². The quantitative estimate of drug-likeness (QED) is 0.863. The van der Waals surface area contributed by atoms with E-state index in [4.69, 9.17) is 10.5 Å². The number of carbonyl (C=O) groups is 1. The molecule has 1 aromatic heterocycles. The lowest BCUT2D eigenvalue weighted by molar-refractivity contribution is 0.0995. The van der Waals surface area contributed by atoms with Gasteiger partial charge in [-0.2, -0.15) is 0 Å². The van der Waals surface area contributed by atoms with Crippen molar-refractivity contribution in [3.05, 3.63) is 22.9 Å². The third kappa shape index (κ3) is 3.35. The zero-order valence-electron chi connectivity index (χ0n) is 12.4. The highest BCUT2D eigenvalue weighted by Gasteiger charge is 2.20. The molecule has 3 N–H and O–H groups in total. The van der Waals surface area contributed by atoms with E-state index >= 15 is 0 Å². The van der Waals surface area contributed by atoms with Crippen LogP contribution < -0.4 is 15.8 Å². The molecule has 1 atom stereocenters. The number of nitrogens with zero attached hydrogens (tertiary/aromatic N) is 1. The highest BCUT2D eigenvalue weighted by molar-refractivity contribution is 5.95. The summed E-state index contributed by atoms with van der Waals surface area (Å²) in [6, 6.07) is 2.39. The summed E-state index contributed by atoms with van der Waals surface area (Å²) in [5.41, 5.74) is 8.08. The van der Waals surface area contributed by atoms with Crippen LogP contribution in [0.1, 0.15) is 53.7 Å². The van der Waals surface area contributed by atoms with E-state index in [1.165, 1.54) is 19.3 Å². The van der Waals surface area contributed by atoms with Crippen molar-refractivity contribution in [2.24, 2.45) is 5.73 Å². The number of aromatic nitrogens is 1. The first kappa shape index (κ1) is 14.3. The molecule has 21 heavy (non-hydrogen) atoms. The number of aryl methyl sites for hydroxylation is 2. The Morgan fingerprint density at radius 1 is 1.38 bits per heavy atom. The van der Waals surface area contributed by atoms with Crippen molar-refractivity contribution >= 4 is 5.91 Å². The molecule has 1 aliphatic heterocycles. The number of fused-ring (bicyclic) bond motifs is 1. The largest absolute Gasteiger partial charge is 0.477 e. The average Bonchev–Trinajstić information content (AvgIpc) is 2.94. The topological polar surface area (TPSA) is 77.2 Å². The van der Waals surface area contributed by atoms with Gasteiger partial charge in [0.1, 0.15) is 5.56 Å². The van der Waals surface area contributed by atoms with Crippen molar-refractivity contribution in [1.29, 1.82) is 0 Å². The fraction of sp³-hybridized carbons (Fsp3) is 0.625. The second-order valence-electron chi connectivity index (χ2n) is 5.95. The number of piperidine rings is 1. The summed E-state index contributed by atoms with van der Waals surface area (Å²) in [6.45, 7) is 1.66. The predicted octanol–water partition coefficient (Wildman–Crippen LogP) is 1.58. The number of nitrogens with two attached hydrogens (primary N) is 1. The highest BCUT2D eigenvalue weighted by atomic mass is 16.5. The number of hydrogen-bond acceptors (Lipinski definition) is 4. The lowest BCUT2D eigenvalue weighted by Gasteiger charge is -2.23. The zero-order valence-corrected chi connectivity index (χ0v) is 12.4. The molecule has 0 saturated carbocycles. The first-order chi connectivity index (χ1) is 10.2. The lowest BCUT2D eigenvalue weighted by atomic mass is 10.0. The van der Waals surface area contributed by atoms with Crippen molar-refractivity contribution in [3.8, 4) is 5.88 Å². The van der Waals surface area contributed by atoms with E-state index < -0.39 is 5.91 Å². The molecule has 5 heteroatoms. The standard InChI is InChI=1S/C16H23N3O2/c17-15(20)13-10-11-4-3-6-14(11)19-16(13)21-9-7-12-5-1-2-8-18-12/h10,12,18H,1-9H2,(H2,17,20). The fourth-order valence-electron chi connectivity index (χ4n) is 3.21. The Hall–Kier alpha value is -1.62. The summed E-state index contributed by atoms with van der Waals surface area (Å²) < 4.78 is 5.77. The predicted molar refractivity (Wildman–Crippen MR) is 80.5 cm³/mol. The number of ether oxygens (including phenoxy) is 1. The third-order valence-electron chi connectivity index (χ3n) is 4.40. The molecule has 0 radical (unpaired) electrons. The Bertz CT molecular complexity index is 524. The van der Waals surface area contributed by atoms with E-state index in [1.807, 2.05) is 6.07 Å². The molecule has 1 aliphatic carbocycles. The van der Waals surface area contributed by atoms with Crippen LogP contribution in [0.5, 0.6) is 5.88 Å². The van der Waals surface area contributed by atoms with Crippen LogP contribution in [-0.4, -0.2) is 30.1 Å². The Kier molecular flexibility index (Phi) is 4.39. The molecular formula is C16H23N3O2. The first-order valence-electron chi connectivity index (χ1n) is 7.93. The molecule has 3 rings (SSSR count). The number of amides is 1. The van der Waals surface area contributed by atoms with Crippen LogP contribution >= 0.6 is 0 Å². The van der Waals surface area contributed by atoms with Crippen molar-refractivity contribution in [2.75, 3.05) is 13.2 Å². The fourth-order valence-corrected chi connectivity index (χ4v) is 3.21. The maximum absolute atomic E-state index is 11.6. The van der Waals surface area contributed by atoms with E-state index in [0.29, 0.717) is 24.1 Å². The SMILES string of the molecule is NC(=O)c1cc2c(nc1OCCC1CCCCN1)CCC2. The van der Waals surface area contributed by atoms with E-state index in [2.05, 4.69) is 10.3 Å². The zero-order chi connectivity index (χ0) is 14.7. The highest BCUT2D eigenvalue weighted by Crippen LogP contribution is 2.26. The number of nitrogens with one attached hydrogen (secondary N) is 1. The molecule has 114 valence electrons. The van der Waals surface area contributed by atoms with Crippen LogP contribution in [0.3, 0.4) is 0 Å². The molecule has 1 amide bonds. The average molecular weight is 289 g/mol. The molecule has 5 nitrogen and oxygen atoms in total.